The van der Waals surface area contributed by atoms with Gasteiger partial charge >= 0.3 is 0 Å². The maximum atomic E-state index is 8.19. The van der Waals surface area contributed by atoms with Gasteiger partial charge in [-0.2, -0.15) is 0 Å². The largest absolute Gasteiger partial charge is 0.188 e. The predicted octanol–water partition coefficient (Wildman–Crippen LogP) is 2.32. The first-order valence-electron chi connectivity index (χ1n) is 5.59. The van der Waals surface area contributed by atoms with Crippen molar-refractivity contribution in [2.45, 2.75) is 6.42 Å². The number of hydrogen-bond donors (Lipinski definition) is 0. The summed E-state index contributed by atoms with van der Waals surface area (Å²) >= 11 is 0. The number of rotatable bonds is 0. The van der Waals surface area contributed by atoms with Gasteiger partial charge in [-0.05, 0) is 35.4 Å². The molecule has 0 aliphatic heterocycles. The van der Waals surface area contributed by atoms with Crippen LogP contribution < -0.4 is 10.4 Å². The van der Waals surface area contributed by atoms with E-state index in [-0.39, 0.29) is 0 Å². The van der Waals surface area contributed by atoms with E-state index in [9.17, 15) is 0 Å². The van der Waals surface area contributed by atoms with E-state index in [0.29, 0.717) is 6.04 Å². The fourth-order valence-corrected chi connectivity index (χ4v) is 1.99. The second-order valence-electron chi connectivity index (χ2n) is 3.79. The van der Waals surface area contributed by atoms with Crippen LogP contribution in [0.5, 0.6) is 0 Å². The molecule has 0 heterocycles. The molecule has 0 unspecified atom stereocenters. The van der Waals surface area contributed by atoms with Crippen LogP contribution in [0.3, 0.4) is 0 Å². The van der Waals surface area contributed by atoms with Gasteiger partial charge in [0.1, 0.15) is 5.39 Å². The normalized spacial score (nSPS) is 14.5. The Labute approximate surface area is 90.3 Å². The Morgan fingerprint density at radius 1 is 1.33 bits per heavy atom. The van der Waals surface area contributed by atoms with Gasteiger partial charge in [0.15, 0.2) is 5.22 Å². The smallest absolute Gasteiger partial charge is 0.0801 e. The lowest BCUT2D eigenvalue weighted by Crippen LogP contribution is -2.10. The molecule has 3 rings (SSSR count). The van der Waals surface area contributed by atoms with Crippen LogP contribution in [0.2, 0.25) is 0 Å². The molecule has 0 saturated carbocycles. The summed E-state index contributed by atoms with van der Waals surface area (Å²) in [6, 6.07) is 8.40. The van der Waals surface area contributed by atoms with E-state index in [1.54, 1.807) is 0 Å². The molecule has 2 aromatic carbocycles. The maximum Gasteiger partial charge on any atom is 0.188 e. The van der Waals surface area contributed by atoms with Gasteiger partial charge in [-0.1, -0.05) is 18.2 Å². The van der Waals surface area contributed by atoms with Crippen LogP contribution in [0.4, 0.5) is 0 Å². The Morgan fingerprint density at radius 2 is 2.27 bits per heavy atom. The van der Waals surface area contributed by atoms with Crippen molar-refractivity contribution < 1.29 is 1.37 Å². The van der Waals surface area contributed by atoms with Gasteiger partial charge in [-0.3, -0.25) is 0 Å². The summed E-state index contributed by atoms with van der Waals surface area (Å²) in [6.07, 6.45) is 7.18. The van der Waals surface area contributed by atoms with Crippen LogP contribution >= 0.6 is 0 Å². The highest BCUT2D eigenvalue weighted by molar-refractivity contribution is 5.86. The van der Waals surface area contributed by atoms with Crippen molar-refractivity contribution in [2.24, 2.45) is 0 Å². The Bertz CT molecular complexity index is 708. The Hall–Kier alpha value is -1.91. The van der Waals surface area contributed by atoms with E-state index in [1.807, 2.05) is 24.3 Å². The third kappa shape index (κ3) is 1.27. The molecule has 0 atom stereocenters. The van der Waals surface area contributed by atoms with E-state index in [4.69, 9.17) is 7.95 Å². The lowest BCUT2D eigenvalue weighted by atomic mass is 10.00. The number of fused-ring (bicyclic) bond motifs is 2. The van der Waals surface area contributed by atoms with Gasteiger partial charge in [0.05, 0.1) is 7.44 Å². The molecule has 0 N–H and O–H groups in total. The van der Waals surface area contributed by atoms with E-state index < -0.39 is 0 Å². The second-order valence-corrected chi connectivity index (χ2v) is 3.79. The summed E-state index contributed by atoms with van der Waals surface area (Å²) < 4.78 is 8.19. The average molecular weight is 192 g/mol. The zero-order chi connectivity index (χ0) is 11.1. The van der Waals surface area contributed by atoms with Gasteiger partial charge in [0, 0.05) is 18.0 Å². The molecule has 1 aliphatic carbocycles. The third-order valence-corrected chi connectivity index (χ3v) is 2.78. The standard InChI is InChI=1S/C15H11/c1-11-5-4-8-14-9-12-6-2-3-7-13(12)10-15(11)14/h1-2,4-10H,3H2/q+1/i9D. The molecule has 0 saturated heterocycles. The first-order chi connectivity index (χ1) is 7.77. The van der Waals surface area contributed by atoms with Gasteiger partial charge in [-0.15, -0.1) is 0 Å². The molecular formula is C15H11+. The summed E-state index contributed by atoms with van der Waals surface area (Å²) in [4.78, 5) is 0. The fourth-order valence-electron chi connectivity index (χ4n) is 1.99. The molecule has 0 aromatic heterocycles. The van der Waals surface area contributed by atoms with Crippen molar-refractivity contribution in [3.05, 3.63) is 52.4 Å². The Balaban J connectivity index is 2.60. The van der Waals surface area contributed by atoms with E-state index >= 15 is 0 Å². The van der Waals surface area contributed by atoms with E-state index in [2.05, 4.69) is 18.2 Å². The molecular weight excluding hydrogens is 180 g/mol. The predicted molar refractivity (Wildman–Crippen MR) is 65.8 cm³/mol. The first-order valence-corrected chi connectivity index (χ1v) is 5.09. The molecule has 0 fully saturated rings. The van der Waals surface area contributed by atoms with Crippen LogP contribution in [0, 0.1) is 0 Å². The quantitative estimate of drug-likeness (QED) is 0.562. The number of hydrogen-bond acceptors (Lipinski definition) is 0. The summed E-state index contributed by atoms with van der Waals surface area (Å²) in [7, 11) is 0. The van der Waals surface area contributed by atoms with Gasteiger partial charge in [0.25, 0.3) is 0 Å². The van der Waals surface area contributed by atoms with Crippen LogP contribution in [0.15, 0.2) is 36.4 Å². The van der Waals surface area contributed by atoms with Crippen molar-refractivity contribution in [2.75, 3.05) is 0 Å². The average Bonchev–Trinajstić information content (AvgIpc) is 2.31. The molecule has 0 bridgehead atoms. The van der Waals surface area contributed by atoms with E-state index in [0.717, 1.165) is 33.2 Å². The Kier molecular flexibility index (Phi) is 1.50. The minimum Gasteiger partial charge on any atom is -0.0801 e. The minimum absolute atomic E-state index is 0.576. The first kappa shape index (κ1) is 7.39. The van der Waals surface area contributed by atoms with Crippen LogP contribution in [-0.2, 0) is 0 Å². The third-order valence-electron chi connectivity index (χ3n) is 2.78. The molecule has 1 aliphatic rings. The zero-order valence-corrected chi connectivity index (χ0v) is 8.33. The maximum absolute atomic E-state index is 8.19. The van der Waals surface area contributed by atoms with Crippen LogP contribution in [0.25, 0.3) is 29.5 Å². The second kappa shape index (κ2) is 3.05. The molecule has 0 spiro atoms. The highest BCUT2D eigenvalue weighted by Crippen LogP contribution is 2.12. The lowest BCUT2D eigenvalue weighted by molar-refractivity contribution is 1.43. The molecule has 2 aromatic rings. The Morgan fingerprint density at radius 3 is 3.20 bits per heavy atom. The van der Waals surface area contributed by atoms with Gasteiger partial charge in [-0.25, -0.2) is 0 Å². The summed E-state index contributed by atoms with van der Waals surface area (Å²) in [6.45, 7) is 5.94. The van der Waals surface area contributed by atoms with E-state index in [1.165, 1.54) is 0 Å². The molecule has 15 heavy (non-hydrogen) atoms. The monoisotopic (exact) mass is 192 g/mol. The molecule has 0 nitrogen and oxygen atoms in total. The summed E-state index contributed by atoms with van der Waals surface area (Å²) in [5.41, 5.74) is 1.00. The topological polar surface area (TPSA) is 0 Å². The van der Waals surface area contributed by atoms with Crippen molar-refractivity contribution in [1.82, 2.24) is 0 Å². The van der Waals surface area contributed by atoms with Gasteiger partial charge in [0.2, 0.25) is 0 Å². The van der Waals surface area contributed by atoms with Gasteiger partial charge < -0.3 is 0 Å². The summed E-state index contributed by atoms with van der Waals surface area (Å²) in [5.74, 6) is 0. The minimum atomic E-state index is 0.576. The van der Waals surface area contributed by atoms with Crippen LogP contribution in [-0.4, -0.2) is 0 Å². The van der Waals surface area contributed by atoms with Crippen molar-refractivity contribution in [1.29, 1.82) is 0 Å². The fraction of sp³-hybridized carbons (Fsp3) is 0.0667. The van der Waals surface area contributed by atoms with Crippen molar-refractivity contribution >= 4 is 29.5 Å². The molecule has 70 valence electrons. The lowest BCUT2D eigenvalue weighted by Gasteiger charge is -2.01. The molecule has 0 radical (unpaired) electrons. The number of benzene rings is 2. The molecule has 0 heteroatoms. The van der Waals surface area contributed by atoms with Crippen molar-refractivity contribution in [3.8, 4) is 0 Å². The highest BCUT2D eigenvalue weighted by Gasteiger charge is 2.04. The highest BCUT2D eigenvalue weighted by atomic mass is 14.0. The summed E-state index contributed by atoms with van der Waals surface area (Å²) in [5, 5.41) is 3.78. The van der Waals surface area contributed by atoms with Crippen molar-refractivity contribution in [3.63, 3.8) is 0 Å². The molecule has 0 amide bonds. The SMILES string of the molecule is [2H]c1c2c(cc3c(=[CH+])cccc13)=CCC=C2. The van der Waals surface area contributed by atoms with Crippen LogP contribution in [0.1, 0.15) is 13.4 Å². The number of allylic oxidation sites excluding steroid dienone is 1. The zero-order valence-electron chi connectivity index (χ0n) is 9.33.